The summed E-state index contributed by atoms with van der Waals surface area (Å²) in [6, 6.07) is 17.4. The maximum Gasteiger partial charge on any atom is 0.349 e. The van der Waals surface area contributed by atoms with Crippen LogP contribution >= 0.6 is 11.8 Å². The van der Waals surface area contributed by atoms with Gasteiger partial charge in [-0.3, -0.25) is 4.79 Å². The number of aliphatic hydroxyl groups excluding tert-OH is 1. The highest BCUT2D eigenvalue weighted by Crippen LogP contribution is 2.46. The van der Waals surface area contributed by atoms with Crippen LogP contribution in [0.2, 0.25) is 0 Å². The molecule has 0 amide bonds. The Hall–Kier alpha value is -2.73. The molecule has 1 aliphatic rings. The Labute approximate surface area is 193 Å². The Kier molecular flexibility index (Phi) is 8.02. The van der Waals surface area contributed by atoms with Gasteiger partial charge in [-0.1, -0.05) is 74.1 Å². The number of rotatable bonds is 9. The molecule has 32 heavy (non-hydrogen) atoms. The van der Waals surface area contributed by atoms with Gasteiger partial charge in [0.15, 0.2) is 0 Å². The standard InChI is InChI=1S/C26H30O5S/c1-18(2)20-13-7-8-14-22(20)32-24-21(27)17-26(31-25(24)29,19-11-5-4-6-12-19)16-10-9-15-23(28)30-3/h4-8,11-14,18,27H,9-10,15-17H2,1-3H3. The van der Waals surface area contributed by atoms with E-state index in [0.717, 1.165) is 16.0 Å². The highest BCUT2D eigenvalue weighted by Gasteiger charge is 2.43. The largest absolute Gasteiger partial charge is 0.511 e. The van der Waals surface area contributed by atoms with E-state index in [1.807, 2.05) is 54.6 Å². The molecule has 1 atom stereocenters. The molecule has 0 saturated carbocycles. The highest BCUT2D eigenvalue weighted by molar-refractivity contribution is 8.04. The van der Waals surface area contributed by atoms with E-state index in [-0.39, 0.29) is 23.1 Å². The number of carbonyl (C=O) groups is 2. The topological polar surface area (TPSA) is 72.8 Å². The fourth-order valence-corrected chi connectivity index (χ4v) is 5.06. The smallest absolute Gasteiger partial charge is 0.349 e. The van der Waals surface area contributed by atoms with Crippen LogP contribution in [0.3, 0.4) is 0 Å². The average Bonchev–Trinajstić information content (AvgIpc) is 2.79. The van der Waals surface area contributed by atoms with E-state index in [2.05, 4.69) is 13.8 Å². The summed E-state index contributed by atoms with van der Waals surface area (Å²) in [4.78, 5) is 25.8. The van der Waals surface area contributed by atoms with Gasteiger partial charge < -0.3 is 14.6 Å². The van der Waals surface area contributed by atoms with Crippen LogP contribution in [-0.2, 0) is 24.7 Å². The van der Waals surface area contributed by atoms with Crippen LogP contribution in [0, 0.1) is 0 Å². The predicted molar refractivity (Wildman–Crippen MR) is 125 cm³/mol. The number of methoxy groups -OCH3 is 1. The van der Waals surface area contributed by atoms with Gasteiger partial charge in [0.2, 0.25) is 0 Å². The van der Waals surface area contributed by atoms with Gasteiger partial charge in [0, 0.05) is 11.3 Å². The molecule has 1 heterocycles. The molecular formula is C26H30O5S. The number of unbranched alkanes of at least 4 members (excludes halogenated alkanes) is 1. The first-order chi connectivity index (χ1) is 15.4. The zero-order chi connectivity index (χ0) is 23.1. The number of thioether (sulfide) groups is 1. The van der Waals surface area contributed by atoms with E-state index in [0.29, 0.717) is 31.6 Å². The van der Waals surface area contributed by atoms with Crippen molar-refractivity contribution in [1.29, 1.82) is 0 Å². The van der Waals surface area contributed by atoms with Gasteiger partial charge in [-0.05, 0) is 42.4 Å². The first-order valence-electron chi connectivity index (χ1n) is 10.9. The summed E-state index contributed by atoms with van der Waals surface area (Å²) in [5.41, 5.74) is 0.998. The second-order valence-electron chi connectivity index (χ2n) is 8.28. The van der Waals surface area contributed by atoms with Crippen LogP contribution in [-0.4, -0.2) is 24.2 Å². The number of carbonyl (C=O) groups excluding carboxylic acids is 2. The molecule has 2 aromatic rings. The van der Waals surface area contributed by atoms with Crippen molar-refractivity contribution in [2.45, 2.75) is 62.4 Å². The summed E-state index contributed by atoms with van der Waals surface area (Å²) in [6.45, 7) is 4.20. The van der Waals surface area contributed by atoms with E-state index < -0.39 is 11.6 Å². The lowest BCUT2D eigenvalue weighted by atomic mass is 9.83. The molecule has 0 aromatic heterocycles. The lowest BCUT2D eigenvalue weighted by Gasteiger charge is -2.37. The molecule has 5 nitrogen and oxygen atoms in total. The zero-order valence-corrected chi connectivity index (χ0v) is 19.6. The van der Waals surface area contributed by atoms with E-state index >= 15 is 0 Å². The average molecular weight is 455 g/mol. The number of ether oxygens (including phenoxy) is 2. The van der Waals surface area contributed by atoms with E-state index in [9.17, 15) is 14.7 Å². The van der Waals surface area contributed by atoms with Crippen molar-refractivity contribution in [2.75, 3.05) is 7.11 Å². The Morgan fingerprint density at radius 2 is 1.81 bits per heavy atom. The van der Waals surface area contributed by atoms with E-state index in [1.54, 1.807) is 0 Å². The second-order valence-corrected chi connectivity index (χ2v) is 9.33. The molecular weight excluding hydrogens is 424 g/mol. The van der Waals surface area contributed by atoms with Gasteiger partial charge in [-0.2, -0.15) is 0 Å². The molecule has 0 saturated heterocycles. The minimum absolute atomic E-state index is 0.0432. The second kappa shape index (κ2) is 10.7. The van der Waals surface area contributed by atoms with Gasteiger partial charge in [-0.15, -0.1) is 0 Å². The first kappa shape index (κ1) is 23.9. The first-order valence-corrected chi connectivity index (χ1v) is 11.7. The molecule has 1 unspecified atom stereocenters. The third-order valence-corrected chi connectivity index (χ3v) is 6.88. The Balaban J connectivity index is 1.86. The predicted octanol–water partition coefficient (Wildman–Crippen LogP) is 6.25. The minimum Gasteiger partial charge on any atom is -0.511 e. The van der Waals surface area contributed by atoms with Crippen LogP contribution in [0.15, 0.2) is 70.2 Å². The molecule has 6 heteroatoms. The molecule has 0 fully saturated rings. The number of aliphatic hydroxyl groups is 1. The SMILES string of the molecule is COC(=O)CCCCC1(c2ccccc2)CC(O)=C(Sc2ccccc2C(C)C)C(=O)O1. The quantitative estimate of drug-likeness (QED) is 0.357. The Morgan fingerprint density at radius 3 is 2.47 bits per heavy atom. The molecule has 0 bridgehead atoms. The van der Waals surface area contributed by atoms with Crippen molar-refractivity contribution in [1.82, 2.24) is 0 Å². The van der Waals surface area contributed by atoms with Crippen molar-refractivity contribution >= 4 is 23.7 Å². The van der Waals surface area contributed by atoms with Gasteiger partial charge in [0.05, 0.1) is 13.5 Å². The van der Waals surface area contributed by atoms with Crippen LogP contribution in [0.25, 0.3) is 0 Å². The van der Waals surface area contributed by atoms with E-state index in [4.69, 9.17) is 9.47 Å². The Morgan fingerprint density at radius 1 is 1.12 bits per heavy atom. The fraction of sp³-hybridized carbons (Fsp3) is 0.385. The summed E-state index contributed by atoms with van der Waals surface area (Å²) in [5, 5.41) is 11.0. The number of hydrogen-bond donors (Lipinski definition) is 1. The van der Waals surface area contributed by atoms with Gasteiger partial charge in [0.25, 0.3) is 0 Å². The molecule has 0 spiro atoms. The lowest BCUT2D eigenvalue weighted by molar-refractivity contribution is -0.160. The third kappa shape index (κ3) is 5.54. The number of cyclic esters (lactones) is 1. The molecule has 0 aliphatic carbocycles. The highest BCUT2D eigenvalue weighted by atomic mass is 32.2. The minimum atomic E-state index is -0.958. The van der Waals surface area contributed by atoms with Gasteiger partial charge >= 0.3 is 11.9 Å². The molecule has 0 radical (unpaired) electrons. The van der Waals surface area contributed by atoms with Crippen LogP contribution in [0.1, 0.15) is 63.0 Å². The molecule has 3 rings (SSSR count). The number of hydrogen-bond acceptors (Lipinski definition) is 6. The normalized spacial score (nSPS) is 18.6. The zero-order valence-electron chi connectivity index (χ0n) is 18.8. The van der Waals surface area contributed by atoms with Gasteiger partial charge in [-0.25, -0.2) is 4.79 Å². The molecule has 1 N–H and O–H groups in total. The maximum atomic E-state index is 13.1. The number of benzene rings is 2. The summed E-state index contributed by atoms with van der Waals surface area (Å²) >= 11 is 1.26. The number of esters is 2. The van der Waals surface area contributed by atoms with Crippen LogP contribution < -0.4 is 0 Å². The summed E-state index contributed by atoms with van der Waals surface area (Å²) in [5.74, 6) is -0.445. The third-order valence-electron chi connectivity index (χ3n) is 5.68. The van der Waals surface area contributed by atoms with Crippen molar-refractivity contribution in [2.24, 2.45) is 0 Å². The molecule has 2 aromatic carbocycles. The maximum absolute atomic E-state index is 13.1. The monoisotopic (exact) mass is 454 g/mol. The van der Waals surface area contributed by atoms with Crippen molar-refractivity contribution in [3.05, 3.63) is 76.4 Å². The molecule has 1 aliphatic heterocycles. The van der Waals surface area contributed by atoms with Gasteiger partial charge in [0.1, 0.15) is 16.3 Å². The molecule has 170 valence electrons. The van der Waals surface area contributed by atoms with Crippen molar-refractivity contribution < 1.29 is 24.2 Å². The summed E-state index contributed by atoms with van der Waals surface area (Å²) in [6.07, 6.45) is 2.29. The van der Waals surface area contributed by atoms with Crippen LogP contribution in [0.4, 0.5) is 0 Å². The summed E-state index contributed by atoms with van der Waals surface area (Å²) < 4.78 is 10.8. The van der Waals surface area contributed by atoms with Crippen LogP contribution in [0.5, 0.6) is 0 Å². The summed E-state index contributed by atoms with van der Waals surface area (Å²) in [7, 11) is 1.37. The lowest BCUT2D eigenvalue weighted by Crippen LogP contribution is -2.37. The van der Waals surface area contributed by atoms with Crippen molar-refractivity contribution in [3.8, 4) is 0 Å². The van der Waals surface area contributed by atoms with E-state index in [1.165, 1.54) is 18.9 Å². The Bertz CT molecular complexity index is 983. The van der Waals surface area contributed by atoms with Crippen molar-refractivity contribution in [3.63, 3.8) is 0 Å². The fourth-order valence-electron chi connectivity index (χ4n) is 3.96.